The fraction of sp³-hybridized carbons (Fsp3) is 0.125. The number of hydrogen-bond donors (Lipinski definition) is 1. The Morgan fingerprint density at radius 3 is 2.53 bits per heavy atom. The van der Waals surface area contributed by atoms with Crippen LogP contribution in [0, 0.1) is 11.3 Å². The van der Waals surface area contributed by atoms with Gasteiger partial charge in [0, 0.05) is 20.9 Å². The number of benzene rings is 1. The fourth-order valence-corrected chi connectivity index (χ4v) is 3.45. The molecule has 0 spiro atoms. The van der Waals surface area contributed by atoms with Gasteiger partial charge < -0.3 is 0 Å². The summed E-state index contributed by atoms with van der Waals surface area (Å²) >= 11 is 7.14. The Hall–Kier alpha value is -0.220. The van der Waals surface area contributed by atoms with Crippen molar-refractivity contribution in [2.24, 2.45) is 0 Å². The zero-order chi connectivity index (χ0) is 11.6. The van der Waals surface area contributed by atoms with Crippen molar-refractivity contribution in [2.75, 3.05) is 0 Å². The molecule has 0 heterocycles. The first kappa shape index (κ1) is 12.8. The predicted molar refractivity (Wildman–Crippen MR) is 64.1 cm³/mol. The number of alkyl halides is 1. The first-order chi connectivity index (χ1) is 6.91. The molecule has 0 saturated heterocycles. The molecule has 1 rings (SSSR count). The van der Waals surface area contributed by atoms with Gasteiger partial charge in [-0.15, -0.1) is 12.6 Å². The number of nitriles is 1. The van der Waals surface area contributed by atoms with Crippen LogP contribution in [0.5, 0.6) is 0 Å². The summed E-state index contributed by atoms with van der Waals surface area (Å²) < 4.78 is 22.6. The summed E-state index contributed by atoms with van der Waals surface area (Å²) in [4.78, 5) is 0.123. The fourth-order valence-electron chi connectivity index (χ4n) is 1.11. The lowest BCUT2D eigenvalue weighted by Gasteiger charge is -2.07. The van der Waals surface area contributed by atoms with Gasteiger partial charge in [-0.25, -0.2) is 8.42 Å². The van der Waals surface area contributed by atoms with E-state index in [0.29, 0.717) is 15.8 Å². The lowest BCUT2D eigenvalue weighted by atomic mass is 10.1. The van der Waals surface area contributed by atoms with Crippen molar-refractivity contribution in [1.82, 2.24) is 0 Å². The smallest absolute Gasteiger partial charge is 0.207 e. The van der Waals surface area contributed by atoms with E-state index >= 15 is 0 Å². The third kappa shape index (κ3) is 2.67. The average Bonchev–Trinajstić information content (AvgIpc) is 2.15. The van der Waals surface area contributed by atoms with Gasteiger partial charge in [0.05, 0.1) is 5.56 Å². The van der Waals surface area contributed by atoms with E-state index in [1.807, 2.05) is 0 Å². The van der Waals surface area contributed by atoms with E-state index in [-0.39, 0.29) is 10.5 Å². The Morgan fingerprint density at radius 2 is 2.13 bits per heavy atom. The van der Waals surface area contributed by atoms with Gasteiger partial charge in [-0.05, 0) is 11.6 Å². The number of nitrogens with zero attached hydrogens (tertiary/aromatic N) is 1. The van der Waals surface area contributed by atoms with Crippen LogP contribution in [0.25, 0.3) is 0 Å². The van der Waals surface area contributed by atoms with Gasteiger partial charge in [0.25, 0.3) is 9.05 Å². The first-order valence-corrected chi connectivity index (χ1v) is 7.55. The van der Waals surface area contributed by atoms with Gasteiger partial charge in [-0.3, -0.25) is 0 Å². The highest BCUT2D eigenvalue weighted by Crippen LogP contribution is 2.29. The van der Waals surface area contributed by atoms with Crippen LogP contribution < -0.4 is 0 Å². The average molecular weight is 327 g/mol. The third-order valence-corrected chi connectivity index (χ3v) is 4.11. The van der Waals surface area contributed by atoms with E-state index in [4.69, 9.17) is 15.9 Å². The van der Waals surface area contributed by atoms with Gasteiger partial charge in [0.2, 0.25) is 0 Å². The predicted octanol–water partition coefficient (Wildman–Crippen LogP) is 2.67. The highest BCUT2D eigenvalue weighted by atomic mass is 79.9. The molecule has 0 atom stereocenters. The summed E-state index contributed by atoms with van der Waals surface area (Å²) in [5, 5.41) is 9.15. The lowest BCUT2D eigenvalue weighted by Crippen LogP contribution is -2.01. The molecule has 1 aromatic carbocycles. The Labute approximate surface area is 106 Å². The second-order valence-electron chi connectivity index (χ2n) is 2.63. The van der Waals surface area contributed by atoms with E-state index in [1.54, 1.807) is 18.2 Å². The molecule has 0 unspecified atom stereocenters. The SMILES string of the molecule is N#Cc1c(S)ccc(CBr)c1S(=O)(=O)Cl. The van der Waals surface area contributed by atoms with Crippen LogP contribution in [0.3, 0.4) is 0 Å². The van der Waals surface area contributed by atoms with Crippen LogP contribution in [0.4, 0.5) is 0 Å². The normalized spacial score (nSPS) is 11.1. The van der Waals surface area contributed by atoms with Crippen molar-refractivity contribution in [3.8, 4) is 6.07 Å². The number of rotatable bonds is 2. The van der Waals surface area contributed by atoms with Gasteiger partial charge in [0.1, 0.15) is 11.0 Å². The topological polar surface area (TPSA) is 57.9 Å². The Bertz CT molecular complexity index is 536. The highest BCUT2D eigenvalue weighted by molar-refractivity contribution is 9.08. The molecule has 80 valence electrons. The minimum atomic E-state index is -3.94. The summed E-state index contributed by atoms with van der Waals surface area (Å²) in [6.07, 6.45) is 0. The van der Waals surface area contributed by atoms with E-state index in [0.717, 1.165) is 0 Å². The van der Waals surface area contributed by atoms with Gasteiger partial charge in [-0.2, -0.15) is 5.26 Å². The number of halogens is 2. The zero-order valence-corrected chi connectivity index (χ0v) is 11.3. The summed E-state index contributed by atoms with van der Waals surface area (Å²) in [5.41, 5.74) is 0.421. The van der Waals surface area contributed by atoms with E-state index in [9.17, 15) is 8.42 Å². The molecule has 0 bridgehead atoms. The molecule has 0 aliphatic rings. The maximum Gasteiger partial charge on any atom is 0.262 e. The van der Waals surface area contributed by atoms with Crippen LogP contribution >= 0.6 is 39.2 Å². The van der Waals surface area contributed by atoms with Gasteiger partial charge in [0.15, 0.2) is 0 Å². The molecule has 0 fully saturated rings. The molecular formula is C8H5BrClNO2S2. The molecule has 3 nitrogen and oxygen atoms in total. The Kier molecular flexibility index (Phi) is 4.06. The number of hydrogen-bond acceptors (Lipinski definition) is 4. The van der Waals surface area contributed by atoms with E-state index in [2.05, 4.69) is 28.6 Å². The first-order valence-electron chi connectivity index (χ1n) is 3.67. The van der Waals surface area contributed by atoms with Crippen LogP contribution in [0.1, 0.15) is 11.1 Å². The van der Waals surface area contributed by atoms with Crippen molar-refractivity contribution >= 4 is 48.3 Å². The molecule has 0 amide bonds. The minimum absolute atomic E-state index is 0.0229. The molecule has 1 aromatic rings. The quantitative estimate of drug-likeness (QED) is 0.516. The lowest BCUT2D eigenvalue weighted by molar-refractivity contribution is 0.608. The maximum absolute atomic E-state index is 11.3. The summed E-state index contributed by atoms with van der Waals surface area (Å²) in [7, 11) is 1.32. The van der Waals surface area contributed by atoms with E-state index < -0.39 is 9.05 Å². The Morgan fingerprint density at radius 1 is 1.53 bits per heavy atom. The third-order valence-electron chi connectivity index (χ3n) is 1.72. The number of thiol groups is 1. The van der Waals surface area contributed by atoms with Gasteiger partial charge >= 0.3 is 0 Å². The summed E-state index contributed by atoms with van der Waals surface area (Å²) in [6.45, 7) is 0. The summed E-state index contributed by atoms with van der Waals surface area (Å²) in [5.74, 6) is 0. The minimum Gasteiger partial charge on any atom is -0.207 e. The van der Waals surface area contributed by atoms with Crippen molar-refractivity contribution < 1.29 is 8.42 Å². The maximum atomic E-state index is 11.3. The molecule has 15 heavy (non-hydrogen) atoms. The molecule has 0 aliphatic heterocycles. The molecule has 0 N–H and O–H groups in total. The van der Waals surface area contributed by atoms with Crippen molar-refractivity contribution in [3.05, 3.63) is 23.3 Å². The zero-order valence-electron chi connectivity index (χ0n) is 7.24. The molecular weight excluding hydrogens is 322 g/mol. The highest BCUT2D eigenvalue weighted by Gasteiger charge is 2.21. The molecule has 0 radical (unpaired) electrons. The second-order valence-corrected chi connectivity index (χ2v) is 6.18. The van der Waals surface area contributed by atoms with Crippen molar-refractivity contribution in [3.63, 3.8) is 0 Å². The largest absolute Gasteiger partial charge is 0.262 e. The van der Waals surface area contributed by atoms with E-state index in [1.165, 1.54) is 0 Å². The standard InChI is InChI=1S/C8H5BrClNO2S2/c9-3-5-1-2-7(14)6(4-11)8(5)15(10,12)13/h1-2,14H,3H2. The van der Waals surface area contributed by atoms with Gasteiger partial charge in [-0.1, -0.05) is 22.0 Å². The van der Waals surface area contributed by atoms with Crippen LogP contribution in [-0.4, -0.2) is 8.42 Å². The molecule has 0 aromatic heterocycles. The molecule has 0 saturated carbocycles. The monoisotopic (exact) mass is 325 g/mol. The summed E-state index contributed by atoms with van der Waals surface area (Å²) in [6, 6.07) is 4.91. The second kappa shape index (κ2) is 4.74. The van der Waals surface area contributed by atoms with Crippen LogP contribution in [0.15, 0.2) is 21.9 Å². The molecule has 7 heteroatoms. The van der Waals surface area contributed by atoms with Crippen LogP contribution in [0.2, 0.25) is 0 Å². The molecule has 0 aliphatic carbocycles. The van der Waals surface area contributed by atoms with Crippen molar-refractivity contribution in [2.45, 2.75) is 15.1 Å². The Balaban J connectivity index is 3.73. The van der Waals surface area contributed by atoms with Crippen molar-refractivity contribution in [1.29, 1.82) is 5.26 Å². The van der Waals surface area contributed by atoms with Crippen LogP contribution in [-0.2, 0) is 14.4 Å².